The molecular weight excluding hydrogens is 360 g/mol. The molecule has 1 aromatic heterocycles. The van der Waals surface area contributed by atoms with E-state index in [0.717, 1.165) is 29.1 Å². The van der Waals surface area contributed by atoms with Gasteiger partial charge in [0.05, 0.1) is 37.6 Å². The van der Waals surface area contributed by atoms with Crippen LogP contribution in [0.15, 0.2) is 60.7 Å². The molecule has 0 unspecified atom stereocenters. The Labute approximate surface area is 172 Å². The van der Waals surface area contributed by atoms with Gasteiger partial charge in [-0.1, -0.05) is 42.5 Å². The maximum absolute atomic E-state index is 13.0. The van der Waals surface area contributed by atoms with Gasteiger partial charge in [-0.3, -0.25) is 4.79 Å². The highest BCUT2D eigenvalue weighted by Crippen LogP contribution is 2.22. The number of quaternary nitrogens is 1. The first-order valence-electron chi connectivity index (χ1n) is 10.5. The lowest BCUT2D eigenvalue weighted by molar-refractivity contribution is -0.903. The van der Waals surface area contributed by atoms with Crippen molar-refractivity contribution in [2.24, 2.45) is 0 Å². The molecule has 1 saturated heterocycles. The summed E-state index contributed by atoms with van der Waals surface area (Å²) in [6.07, 6.45) is 3.93. The van der Waals surface area contributed by atoms with Crippen LogP contribution >= 0.6 is 0 Å². The molecule has 2 aromatic carbocycles. The van der Waals surface area contributed by atoms with Crippen LogP contribution < -0.4 is 10.2 Å². The highest BCUT2D eigenvalue weighted by Gasteiger charge is 2.19. The van der Waals surface area contributed by atoms with Crippen LogP contribution in [0.4, 0.5) is 0 Å². The van der Waals surface area contributed by atoms with E-state index < -0.39 is 0 Å². The van der Waals surface area contributed by atoms with E-state index in [0.29, 0.717) is 12.2 Å². The maximum Gasteiger partial charge on any atom is 0.270 e. The van der Waals surface area contributed by atoms with E-state index in [4.69, 9.17) is 5.10 Å². The van der Waals surface area contributed by atoms with E-state index in [-0.39, 0.29) is 5.91 Å². The molecular formula is C24H29N4O+. The van der Waals surface area contributed by atoms with E-state index in [1.165, 1.54) is 32.4 Å². The number of hydrogen-bond acceptors (Lipinski definition) is 2. The Morgan fingerprint density at radius 3 is 2.59 bits per heavy atom. The number of benzene rings is 2. The zero-order chi connectivity index (χ0) is 20.1. The van der Waals surface area contributed by atoms with E-state index in [1.54, 1.807) is 9.58 Å². The molecule has 2 heterocycles. The van der Waals surface area contributed by atoms with Gasteiger partial charge in [0.25, 0.3) is 5.91 Å². The second-order valence-electron chi connectivity index (χ2n) is 7.85. The summed E-state index contributed by atoms with van der Waals surface area (Å²) in [7, 11) is 0. The Morgan fingerprint density at radius 1 is 1.03 bits per heavy atom. The molecule has 1 aliphatic heterocycles. The minimum atomic E-state index is -0.0717. The Morgan fingerprint density at radius 2 is 1.83 bits per heavy atom. The third kappa shape index (κ3) is 4.74. The van der Waals surface area contributed by atoms with Crippen LogP contribution in [0.5, 0.6) is 0 Å². The van der Waals surface area contributed by atoms with Gasteiger partial charge in [0.2, 0.25) is 0 Å². The van der Waals surface area contributed by atoms with Gasteiger partial charge in [0.15, 0.2) is 0 Å². The first-order valence-corrected chi connectivity index (χ1v) is 10.5. The molecule has 1 amide bonds. The number of nitrogens with zero attached hydrogens (tertiary/aromatic N) is 2. The van der Waals surface area contributed by atoms with Gasteiger partial charge < -0.3 is 10.2 Å². The molecule has 4 rings (SSSR count). The monoisotopic (exact) mass is 389 g/mol. The van der Waals surface area contributed by atoms with E-state index in [9.17, 15) is 4.79 Å². The first kappa shape index (κ1) is 19.4. The van der Waals surface area contributed by atoms with Gasteiger partial charge in [0.1, 0.15) is 5.69 Å². The van der Waals surface area contributed by atoms with Crippen molar-refractivity contribution in [3.63, 3.8) is 0 Å². The lowest BCUT2D eigenvalue weighted by atomic mass is 10.1. The fourth-order valence-electron chi connectivity index (χ4n) is 3.99. The van der Waals surface area contributed by atoms with Gasteiger partial charge in [-0.2, -0.15) is 5.10 Å². The van der Waals surface area contributed by atoms with Crippen molar-refractivity contribution in [1.29, 1.82) is 0 Å². The van der Waals surface area contributed by atoms with Gasteiger partial charge in [-0.05, 0) is 49.9 Å². The average molecular weight is 390 g/mol. The zero-order valence-electron chi connectivity index (χ0n) is 17.0. The van der Waals surface area contributed by atoms with Crippen LogP contribution in [0.2, 0.25) is 0 Å². The Bertz CT molecular complexity index is 958. The summed E-state index contributed by atoms with van der Waals surface area (Å²) in [5.74, 6) is -0.0717. The van der Waals surface area contributed by atoms with E-state index in [2.05, 4.69) is 11.4 Å². The molecule has 0 spiro atoms. The van der Waals surface area contributed by atoms with Crippen LogP contribution in [0.25, 0.3) is 16.9 Å². The molecule has 0 saturated carbocycles. The van der Waals surface area contributed by atoms with Crippen molar-refractivity contribution >= 4 is 5.91 Å². The number of nitrogens with one attached hydrogen (secondary N) is 2. The van der Waals surface area contributed by atoms with E-state index >= 15 is 0 Å². The summed E-state index contributed by atoms with van der Waals surface area (Å²) in [4.78, 5) is 14.6. The summed E-state index contributed by atoms with van der Waals surface area (Å²) in [6.45, 7) is 6.15. The predicted octanol–water partition coefficient (Wildman–Crippen LogP) is 2.65. The second-order valence-corrected chi connectivity index (χ2v) is 7.85. The molecule has 3 aromatic rings. The molecule has 2 N–H and O–H groups in total. The SMILES string of the molecule is Cc1cccc(-n2nc(-c3ccccc3)cc2C(=O)NCC[NH+]2CCCCC2)c1. The molecule has 5 heteroatoms. The summed E-state index contributed by atoms with van der Waals surface area (Å²) >= 11 is 0. The summed E-state index contributed by atoms with van der Waals surface area (Å²) in [5.41, 5.74) is 4.42. The number of carbonyl (C=O) groups is 1. The van der Waals surface area contributed by atoms with E-state index in [1.807, 2.05) is 61.5 Å². The quantitative estimate of drug-likeness (QED) is 0.681. The van der Waals surface area contributed by atoms with Crippen molar-refractivity contribution in [1.82, 2.24) is 15.1 Å². The third-order valence-electron chi connectivity index (χ3n) is 5.58. The average Bonchev–Trinajstić information content (AvgIpc) is 3.21. The number of likely N-dealkylation sites (tertiary alicyclic amines) is 1. The molecule has 150 valence electrons. The smallest absolute Gasteiger partial charge is 0.270 e. The standard InChI is InChI=1S/C24H28N4O/c1-19-9-8-12-21(17-19)28-23(18-22(26-28)20-10-4-2-5-11-20)24(29)25-13-16-27-14-6-3-7-15-27/h2,4-5,8-12,17-18H,3,6-7,13-16H2,1H3,(H,25,29)/p+1. The topological polar surface area (TPSA) is 51.4 Å². The van der Waals surface area contributed by atoms with Gasteiger partial charge in [-0.15, -0.1) is 0 Å². The molecule has 0 radical (unpaired) electrons. The normalized spacial score (nSPS) is 14.7. The second kappa shape index (κ2) is 9.05. The Kier molecular flexibility index (Phi) is 6.06. The predicted molar refractivity (Wildman–Crippen MR) is 115 cm³/mol. The molecule has 0 bridgehead atoms. The van der Waals surface area contributed by atoms with Crippen LogP contribution in [-0.2, 0) is 0 Å². The van der Waals surface area contributed by atoms with Crippen LogP contribution in [0.3, 0.4) is 0 Å². The number of aromatic nitrogens is 2. The van der Waals surface area contributed by atoms with Crippen molar-refractivity contribution in [3.8, 4) is 16.9 Å². The number of carbonyl (C=O) groups excluding carboxylic acids is 1. The summed E-state index contributed by atoms with van der Waals surface area (Å²) < 4.78 is 1.76. The van der Waals surface area contributed by atoms with Gasteiger partial charge >= 0.3 is 0 Å². The fraction of sp³-hybridized carbons (Fsp3) is 0.333. The van der Waals surface area contributed by atoms with Gasteiger partial charge in [0, 0.05) is 5.56 Å². The number of rotatable bonds is 6. The third-order valence-corrected chi connectivity index (χ3v) is 5.58. The van der Waals surface area contributed by atoms with Crippen LogP contribution in [0, 0.1) is 6.92 Å². The minimum absolute atomic E-state index is 0.0717. The fourth-order valence-corrected chi connectivity index (χ4v) is 3.99. The molecule has 1 aliphatic rings. The number of amides is 1. The minimum Gasteiger partial charge on any atom is -0.345 e. The molecule has 1 fully saturated rings. The number of hydrogen-bond donors (Lipinski definition) is 2. The summed E-state index contributed by atoms with van der Waals surface area (Å²) in [6, 6.07) is 20.0. The largest absolute Gasteiger partial charge is 0.345 e. The molecule has 5 nitrogen and oxygen atoms in total. The van der Waals surface area contributed by atoms with Gasteiger partial charge in [-0.25, -0.2) is 4.68 Å². The van der Waals surface area contributed by atoms with Crippen molar-refractivity contribution < 1.29 is 9.69 Å². The van der Waals surface area contributed by atoms with Crippen molar-refractivity contribution in [3.05, 3.63) is 71.9 Å². The summed E-state index contributed by atoms with van der Waals surface area (Å²) in [5, 5.41) is 7.88. The highest BCUT2D eigenvalue weighted by molar-refractivity contribution is 5.94. The van der Waals surface area contributed by atoms with Crippen LogP contribution in [0.1, 0.15) is 35.3 Å². The lowest BCUT2D eigenvalue weighted by Gasteiger charge is -2.23. The number of aryl methyl sites for hydroxylation is 1. The molecule has 0 atom stereocenters. The first-order chi connectivity index (χ1) is 14.2. The maximum atomic E-state index is 13.0. The molecule has 0 aliphatic carbocycles. The lowest BCUT2D eigenvalue weighted by Crippen LogP contribution is -3.13. The Hall–Kier alpha value is -2.92. The van der Waals surface area contributed by atoms with Crippen molar-refractivity contribution in [2.75, 3.05) is 26.2 Å². The highest BCUT2D eigenvalue weighted by atomic mass is 16.2. The van der Waals surface area contributed by atoms with Crippen molar-refractivity contribution in [2.45, 2.75) is 26.2 Å². The van der Waals surface area contributed by atoms with Crippen LogP contribution in [-0.4, -0.2) is 41.9 Å². The zero-order valence-corrected chi connectivity index (χ0v) is 17.0. The number of piperidine rings is 1. The molecule has 29 heavy (non-hydrogen) atoms. The Balaban J connectivity index is 1.56.